The molecule has 0 aliphatic rings. The van der Waals surface area contributed by atoms with Crippen LogP contribution in [-0.4, -0.2) is 19.8 Å². The van der Waals surface area contributed by atoms with Crippen molar-refractivity contribution in [2.75, 3.05) is 0 Å². The molecule has 1 aromatic carbocycles. The number of nitrogens with zero attached hydrogens (tertiary/aromatic N) is 3. The number of aryl methyl sites for hydroxylation is 1. The van der Waals surface area contributed by atoms with Crippen LogP contribution in [0.3, 0.4) is 0 Å². The van der Waals surface area contributed by atoms with Gasteiger partial charge in [-0.2, -0.15) is 5.10 Å². The largest absolute Gasteiger partial charge is 0.390 e. The van der Waals surface area contributed by atoms with E-state index in [9.17, 15) is 10.1 Å². The van der Waals surface area contributed by atoms with E-state index in [4.69, 9.17) is 5.11 Å². The Balaban J connectivity index is 2.56. The lowest BCUT2D eigenvalue weighted by Gasteiger charge is -2.06. The molecule has 0 saturated heterocycles. The van der Waals surface area contributed by atoms with E-state index >= 15 is 0 Å². The Morgan fingerprint density at radius 1 is 1.56 bits per heavy atom. The molecule has 0 aliphatic carbocycles. The second kappa shape index (κ2) is 4.87. The molecule has 94 valence electrons. The smallest absolute Gasteiger partial charge is 0.274 e. The molecule has 1 heterocycles. The van der Waals surface area contributed by atoms with E-state index in [0.717, 1.165) is 0 Å². The van der Waals surface area contributed by atoms with E-state index in [-0.39, 0.29) is 12.3 Å². The molecule has 7 heteroatoms. The number of aromatic nitrogens is 2. The highest BCUT2D eigenvalue weighted by molar-refractivity contribution is 9.10. The molecule has 0 atom stereocenters. The van der Waals surface area contributed by atoms with E-state index in [0.29, 0.717) is 21.4 Å². The highest BCUT2D eigenvalue weighted by atomic mass is 79.9. The zero-order chi connectivity index (χ0) is 13.3. The lowest BCUT2D eigenvalue weighted by molar-refractivity contribution is -0.385. The van der Waals surface area contributed by atoms with Crippen molar-refractivity contribution in [3.05, 3.63) is 50.2 Å². The predicted octanol–water partition coefficient (Wildman–Crippen LogP) is 2.34. The van der Waals surface area contributed by atoms with Crippen molar-refractivity contribution in [3.8, 4) is 5.69 Å². The SMILES string of the molecule is Cc1cc(Br)c(-n2ccc(CO)n2)cc1[N+](=O)[O-]. The van der Waals surface area contributed by atoms with Gasteiger partial charge in [-0.25, -0.2) is 4.68 Å². The Kier molecular flexibility index (Phi) is 3.44. The van der Waals surface area contributed by atoms with Gasteiger partial charge in [0.15, 0.2) is 0 Å². The molecule has 1 aromatic heterocycles. The summed E-state index contributed by atoms with van der Waals surface area (Å²) in [7, 11) is 0. The first-order chi connectivity index (χ1) is 8.52. The lowest BCUT2D eigenvalue weighted by atomic mass is 10.2. The van der Waals surface area contributed by atoms with Crippen molar-refractivity contribution in [3.63, 3.8) is 0 Å². The van der Waals surface area contributed by atoms with Crippen LogP contribution in [-0.2, 0) is 6.61 Å². The third-order valence-corrected chi connectivity index (χ3v) is 3.15. The first-order valence-corrected chi connectivity index (χ1v) is 5.92. The first kappa shape index (κ1) is 12.7. The number of nitro groups is 1. The van der Waals surface area contributed by atoms with Crippen LogP contribution in [0.4, 0.5) is 5.69 Å². The lowest BCUT2D eigenvalue weighted by Crippen LogP contribution is -2.00. The van der Waals surface area contributed by atoms with E-state index < -0.39 is 4.92 Å². The van der Waals surface area contributed by atoms with Gasteiger partial charge in [0.1, 0.15) is 0 Å². The van der Waals surface area contributed by atoms with Gasteiger partial charge >= 0.3 is 0 Å². The maximum absolute atomic E-state index is 10.9. The molecule has 0 unspecified atom stereocenters. The standard InChI is InChI=1S/C11H10BrN3O3/c1-7-4-9(12)11(5-10(7)15(17)18)14-3-2-8(6-16)13-14/h2-5,16H,6H2,1H3. The number of halogens is 1. The molecule has 1 N–H and O–H groups in total. The monoisotopic (exact) mass is 311 g/mol. The van der Waals surface area contributed by atoms with Gasteiger partial charge < -0.3 is 5.11 Å². The second-order valence-corrected chi connectivity index (χ2v) is 4.61. The van der Waals surface area contributed by atoms with Gasteiger partial charge in [0.25, 0.3) is 5.69 Å². The molecule has 0 amide bonds. The summed E-state index contributed by atoms with van der Waals surface area (Å²) in [5.74, 6) is 0. The molecule has 0 aliphatic heterocycles. The Morgan fingerprint density at radius 2 is 2.28 bits per heavy atom. The fraction of sp³-hybridized carbons (Fsp3) is 0.182. The summed E-state index contributed by atoms with van der Waals surface area (Å²) in [6.07, 6.45) is 1.64. The normalized spacial score (nSPS) is 10.6. The third-order valence-electron chi connectivity index (χ3n) is 2.52. The van der Waals surface area contributed by atoms with Gasteiger partial charge in [-0.3, -0.25) is 10.1 Å². The van der Waals surface area contributed by atoms with Crippen LogP contribution in [0.2, 0.25) is 0 Å². The van der Waals surface area contributed by atoms with Crippen LogP contribution >= 0.6 is 15.9 Å². The Hall–Kier alpha value is -1.73. The van der Waals surface area contributed by atoms with E-state index in [2.05, 4.69) is 21.0 Å². The summed E-state index contributed by atoms with van der Waals surface area (Å²) in [6, 6.07) is 4.78. The minimum Gasteiger partial charge on any atom is -0.390 e. The van der Waals surface area contributed by atoms with Gasteiger partial charge in [0.2, 0.25) is 0 Å². The van der Waals surface area contributed by atoms with Gasteiger partial charge in [-0.1, -0.05) is 0 Å². The number of aliphatic hydroxyl groups excluding tert-OH is 1. The molecular weight excluding hydrogens is 302 g/mol. The highest BCUT2D eigenvalue weighted by Gasteiger charge is 2.15. The Morgan fingerprint density at radius 3 is 2.83 bits per heavy atom. The van der Waals surface area contributed by atoms with Crippen molar-refractivity contribution >= 4 is 21.6 Å². The molecule has 0 radical (unpaired) electrons. The average molecular weight is 312 g/mol. The van der Waals surface area contributed by atoms with Crippen LogP contribution < -0.4 is 0 Å². The van der Waals surface area contributed by atoms with Gasteiger partial charge in [0, 0.05) is 22.3 Å². The number of nitro benzene ring substituents is 1. The van der Waals surface area contributed by atoms with E-state index in [1.54, 1.807) is 25.3 Å². The van der Waals surface area contributed by atoms with Gasteiger partial charge in [-0.15, -0.1) is 0 Å². The maximum Gasteiger partial charge on any atom is 0.274 e. The van der Waals surface area contributed by atoms with Crippen molar-refractivity contribution in [1.29, 1.82) is 0 Å². The van der Waals surface area contributed by atoms with E-state index in [1.807, 2.05) is 0 Å². The van der Waals surface area contributed by atoms with E-state index in [1.165, 1.54) is 10.7 Å². The van der Waals surface area contributed by atoms with Crippen LogP contribution in [0, 0.1) is 17.0 Å². The molecule has 0 spiro atoms. The molecule has 0 bridgehead atoms. The minimum absolute atomic E-state index is 0.0363. The third kappa shape index (κ3) is 2.27. The van der Waals surface area contributed by atoms with Crippen LogP contribution in [0.15, 0.2) is 28.9 Å². The summed E-state index contributed by atoms with van der Waals surface area (Å²) < 4.78 is 2.19. The Labute approximate surface area is 111 Å². The summed E-state index contributed by atoms with van der Waals surface area (Å²) in [5, 5.41) is 24.0. The topological polar surface area (TPSA) is 81.2 Å². The highest BCUT2D eigenvalue weighted by Crippen LogP contribution is 2.29. The van der Waals surface area contributed by atoms with Gasteiger partial charge in [-0.05, 0) is 35.0 Å². The minimum atomic E-state index is -0.429. The zero-order valence-corrected chi connectivity index (χ0v) is 11.1. The number of hydrogen-bond donors (Lipinski definition) is 1. The summed E-state index contributed by atoms with van der Waals surface area (Å²) in [5.41, 5.74) is 1.68. The number of hydrogen-bond acceptors (Lipinski definition) is 4. The molecule has 2 rings (SSSR count). The number of benzene rings is 1. The second-order valence-electron chi connectivity index (χ2n) is 3.76. The molecule has 0 fully saturated rings. The van der Waals surface area contributed by atoms with Crippen molar-refractivity contribution in [2.24, 2.45) is 0 Å². The van der Waals surface area contributed by atoms with Crippen LogP contribution in [0.25, 0.3) is 5.69 Å². The number of rotatable bonds is 3. The summed E-state index contributed by atoms with van der Waals surface area (Å²) >= 11 is 3.35. The first-order valence-electron chi connectivity index (χ1n) is 5.13. The summed E-state index contributed by atoms with van der Waals surface area (Å²) in [4.78, 5) is 10.5. The van der Waals surface area contributed by atoms with Crippen molar-refractivity contribution in [2.45, 2.75) is 13.5 Å². The predicted molar refractivity (Wildman–Crippen MR) is 68.6 cm³/mol. The quantitative estimate of drug-likeness (QED) is 0.697. The fourth-order valence-corrected chi connectivity index (χ4v) is 2.24. The average Bonchev–Trinajstić information content (AvgIpc) is 2.77. The van der Waals surface area contributed by atoms with Crippen molar-refractivity contribution in [1.82, 2.24) is 9.78 Å². The summed E-state index contributed by atoms with van der Waals surface area (Å²) in [6.45, 7) is 1.51. The maximum atomic E-state index is 10.9. The number of aliphatic hydroxyl groups is 1. The van der Waals surface area contributed by atoms with Crippen LogP contribution in [0.5, 0.6) is 0 Å². The molecule has 2 aromatic rings. The molecular formula is C11H10BrN3O3. The van der Waals surface area contributed by atoms with Gasteiger partial charge in [0.05, 0.1) is 22.9 Å². The zero-order valence-electron chi connectivity index (χ0n) is 9.50. The fourth-order valence-electron chi connectivity index (χ4n) is 1.60. The molecule has 6 nitrogen and oxygen atoms in total. The Bertz CT molecular complexity index is 610. The van der Waals surface area contributed by atoms with Crippen molar-refractivity contribution < 1.29 is 10.0 Å². The molecule has 18 heavy (non-hydrogen) atoms. The van der Waals surface area contributed by atoms with Crippen LogP contribution in [0.1, 0.15) is 11.3 Å². The molecule has 0 saturated carbocycles.